The van der Waals surface area contributed by atoms with Crippen molar-refractivity contribution < 1.29 is 4.79 Å². The molecule has 94 valence electrons. The van der Waals surface area contributed by atoms with E-state index < -0.39 is 0 Å². The summed E-state index contributed by atoms with van der Waals surface area (Å²) in [5.74, 6) is 0. The van der Waals surface area contributed by atoms with Crippen molar-refractivity contribution in [2.75, 3.05) is 23.7 Å². The largest absolute Gasteiger partial charge is 0.399 e. The standard InChI is InChI=1S/C13H21N3O/c1-3-5-10-15-13(17)16(4-2)12-8-6-11(14)7-9-12/h6-9H,3-5,10,14H2,1-2H3,(H,15,17). The zero-order valence-electron chi connectivity index (χ0n) is 10.6. The van der Waals surface area contributed by atoms with Gasteiger partial charge in [0.15, 0.2) is 0 Å². The van der Waals surface area contributed by atoms with Crippen LogP contribution < -0.4 is 16.0 Å². The number of benzene rings is 1. The topological polar surface area (TPSA) is 58.4 Å². The Kier molecular flexibility index (Phi) is 5.33. The number of carbonyl (C=O) groups is 1. The van der Waals surface area contributed by atoms with E-state index >= 15 is 0 Å². The Bertz CT molecular complexity index is 348. The SMILES string of the molecule is CCCCNC(=O)N(CC)c1ccc(N)cc1. The normalized spacial score (nSPS) is 10.0. The number of hydrogen-bond donors (Lipinski definition) is 2. The summed E-state index contributed by atoms with van der Waals surface area (Å²) < 4.78 is 0. The second-order valence-corrected chi connectivity index (χ2v) is 3.92. The first-order valence-electron chi connectivity index (χ1n) is 6.10. The quantitative estimate of drug-likeness (QED) is 0.609. The number of urea groups is 1. The molecule has 0 aromatic heterocycles. The van der Waals surface area contributed by atoms with Crippen molar-refractivity contribution in [1.82, 2.24) is 5.32 Å². The number of nitrogen functional groups attached to an aromatic ring is 1. The van der Waals surface area contributed by atoms with Gasteiger partial charge >= 0.3 is 6.03 Å². The van der Waals surface area contributed by atoms with Gasteiger partial charge < -0.3 is 11.1 Å². The maximum atomic E-state index is 11.9. The van der Waals surface area contributed by atoms with E-state index in [1.165, 1.54) is 0 Å². The number of rotatable bonds is 5. The smallest absolute Gasteiger partial charge is 0.321 e. The molecule has 0 aliphatic rings. The van der Waals surface area contributed by atoms with Crippen LogP contribution in [-0.4, -0.2) is 19.1 Å². The molecule has 0 aliphatic heterocycles. The zero-order valence-corrected chi connectivity index (χ0v) is 10.6. The maximum Gasteiger partial charge on any atom is 0.321 e. The second kappa shape index (κ2) is 6.78. The van der Waals surface area contributed by atoms with Crippen molar-refractivity contribution in [3.63, 3.8) is 0 Å². The number of carbonyl (C=O) groups excluding carboxylic acids is 1. The Morgan fingerprint density at radius 1 is 1.29 bits per heavy atom. The highest BCUT2D eigenvalue weighted by atomic mass is 16.2. The van der Waals surface area contributed by atoms with E-state index in [1.807, 2.05) is 19.1 Å². The van der Waals surface area contributed by atoms with E-state index in [0.29, 0.717) is 12.2 Å². The van der Waals surface area contributed by atoms with Gasteiger partial charge in [0.25, 0.3) is 0 Å². The summed E-state index contributed by atoms with van der Waals surface area (Å²) in [6, 6.07) is 7.27. The van der Waals surface area contributed by atoms with Crippen molar-refractivity contribution >= 4 is 17.4 Å². The molecule has 1 aromatic carbocycles. The van der Waals surface area contributed by atoms with Crippen LogP contribution in [0, 0.1) is 0 Å². The number of hydrogen-bond acceptors (Lipinski definition) is 2. The van der Waals surface area contributed by atoms with Crippen molar-refractivity contribution in [2.24, 2.45) is 0 Å². The lowest BCUT2D eigenvalue weighted by Gasteiger charge is -2.21. The van der Waals surface area contributed by atoms with Crippen molar-refractivity contribution in [2.45, 2.75) is 26.7 Å². The molecule has 2 amide bonds. The molecule has 0 spiro atoms. The van der Waals surface area contributed by atoms with Gasteiger partial charge in [-0.3, -0.25) is 4.90 Å². The zero-order chi connectivity index (χ0) is 12.7. The molecule has 4 heteroatoms. The fourth-order valence-electron chi connectivity index (χ4n) is 1.57. The molecule has 0 atom stereocenters. The first-order valence-corrected chi connectivity index (χ1v) is 6.10. The first-order chi connectivity index (χ1) is 8.19. The van der Waals surface area contributed by atoms with Crippen molar-refractivity contribution in [3.8, 4) is 0 Å². The lowest BCUT2D eigenvalue weighted by molar-refractivity contribution is 0.246. The number of nitrogens with two attached hydrogens (primary N) is 1. The fourth-order valence-corrected chi connectivity index (χ4v) is 1.57. The highest BCUT2D eigenvalue weighted by Crippen LogP contribution is 2.16. The molecule has 0 heterocycles. The highest BCUT2D eigenvalue weighted by Gasteiger charge is 2.12. The van der Waals surface area contributed by atoms with Crippen LogP contribution in [0.3, 0.4) is 0 Å². The summed E-state index contributed by atoms with van der Waals surface area (Å²) in [4.78, 5) is 13.6. The molecule has 3 N–H and O–H groups in total. The van der Waals surface area contributed by atoms with Gasteiger partial charge in [0.05, 0.1) is 0 Å². The van der Waals surface area contributed by atoms with Gasteiger partial charge in [-0.15, -0.1) is 0 Å². The lowest BCUT2D eigenvalue weighted by atomic mass is 10.2. The molecule has 0 saturated carbocycles. The number of anilines is 2. The van der Waals surface area contributed by atoms with Crippen LogP contribution >= 0.6 is 0 Å². The molecule has 0 fully saturated rings. The fraction of sp³-hybridized carbons (Fsp3) is 0.462. The van der Waals surface area contributed by atoms with Crippen LogP contribution in [0.1, 0.15) is 26.7 Å². The van der Waals surface area contributed by atoms with Crippen LogP contribution in [0.2, 0.25) is 0 Å². The minimum Gasteiger partial charge on any atom is -0.399 e. The summed E-state index contributed by atoms with van der Waals surface area (Å²) in [6.45, 7) is 5.42. The summed E-state index contributed by atoms with van der Waals surface area (Å²) in [6.07, 6.45) is 2.08. The molecule has 0 saturated heterocycles. The van der Waals surface area contributed by atoms with Crippen molar-refractivity contribution in [3.05, 3.63) is 24.3 Å². The Morgan fingerprint density at radius 3 is 2.47 bits per heavy atom. The van der Waals surface area contributed by atoms with Gasteiger partial charge in [-0.25, -0.2) is 4.79 Å². The maximum absolute atomic E-state index is 11.9. The highest BCUT2D eigenvalue weighted by molar-refractivity contribution is 5.92. The second-order valence-electron chi connectivity index (χ2n) is 3.92. The molecule has 0 radical (unpaired) electrons. The van der Waals surface area contributed by atoms with Crippen LogP contribution in [0.15, 0.2) is 24.3 Å². The van der Waals surface area contributed by atoms with E-state index in [2.05, 4.69) is 12.2 Å². The van der Waals surface area contributed by atoms with E-state index in [4.69, 9.17) is 5.73 Å². The van der Waals surface area contributed by atoms with E-state index in [1.54, 1.807) is 17.0 Å². The van der Waals surface area contributed by atoms with E-state index in [0.717, 1.165) is 25.1 Å². The number of nitrogens with zero attached hydrogens (tertiary/aromatic N) is 1. The van der Waals surface area contributed by atoms with Crippen LogP contribution in [0.5, 0.6) is 0 Å². The Hall–Kier alpha value is -1.71. The lowest BCUT2D eigenvalue weighted by Crippen LogP contribution is -2.40. The van der Waals surface area contributed by atoms with Gasteiger partial charge in [-0.2, -0.15) is 0 Å². The molecular weight excluding hydrogens is 214 g/mol. The summed E-state index contributed by atoms with van der Waals surface area (Å²) in [5.41, 5.74) is 7.20. The molecule has 0 aliphatic carbocycles. The van der Waals surface area contributed by atoms with Crippen molar-refractivity contribution in [1.29, 1.82) is 0 Å². The third kappa shape index (κ3) is 3.98. The molecule has 1 rings (SSSR count). The van der Waals surface area contributed by atoms with Gasteiger partial charge in [-0.05, 0) is 37.6 Å². The predicted molar refractivity (Wildman–Crippen MR) is 72.2 cm³/mol. The van der Waals surface area contributed by atoms with Gasteiger partial charge in [0.2, 0.25) is 0 Å². The molecule has 4 nitrogen and oxygen atoms in total. The monoisotopic (exact) mass is 235 g/mol. The average molecular weight is 235 g/mol. The summed E-state index contributed by atoms with van der Waals surface area (Å²) >= 11 is 0. The average Bonchev–Trinajstić information content (AvgIpc) is 2.33. The third-order valence-electron chi connectivity index (χ3n) is 2.57. The molecule has 1 aromatic rings. The molecule has 17 heavy (non-hydrogen) atoms. The van der Waals surface area contributed by atoms with E-state index in [-0.39, 0.29) is 6.03 Å². The van der Waals surface area contributed by atoms with E-state index in [9.17, 15) is 4.79 Å². The van der Waals surface area contributed by atoms with Crippen LogP contribution in [0.4, 0.5) is 16.2 Å². The number of amides is 2. The van der Waals surface area contributed by atoms with Gasteiger partial charge in [-0.1, -0.05) is 13.3 Å². The van der Waals surface area contributed by atoms with Gasteiger partial charge in [0.1, 0.15) is 0 Å². The Labute approximate surface area is 103 Å². The van der Waals surface area contributed by atoms with Crippen LogP contribution in [-0.2, 0) is 0 Å². The molecular formula is C13H21N3O. The third-order valence-corrected chi connectivity index (χ3v) is 2.57. The summed E-state index contributed by atoms with van der Waals surface area (Å²) in [5, 5.41) is 2.90. The Balaban J connectivity index is 2.64. The minimum atomic E-state index is -0.0503. The van der Waals surface area contributed by atoms with Crippen LogP contribution in [0.25, 0.3) is 0 Å². The summed E-state index contributed by atoms with van der Waals surface area (Å²) in [7, 11) is 0. The number of nitrogens with one attached hydrogen (secondary N) is 1. The molecule has 0 unspecified atom stereocenters. The first kappa shape index (κ1) is 13.4. The Morgan fingerprint density at radius 2 is 1.94 bits per heavy atom. The van der Waals surface area contributed by atoms with Gasteiger partial charge in [0, 0.05) is 24.5 Å². The predicted octanol–water partition coefficient (Wildman–Crippen LogP) is 2.60. The number of unbranched alkanes of at least 4 members (excludes halogenated alkanes) is 1. The molecule has 0 bridgehead atoms. The minimum absolute atomic E-state index is 0.0503.